The average molecular weight is 293 g/mol. The van der Waals surface area contributed by atoms with Crippen LogP contribution in [0.5, 0.6) is 0 Å². The van der Waals surface area contributed by atoms with E-state index < -0.39 is 0 Å². The number of fused-ring (bicyclic) bond motifs is 1. The van der Waals surface area contributed by atoms with Gasteiger partial charge in [-0.1, -0.05) is 44.2 Å². The first kappa shape index (κ1) is 14.3. The number of rotatable bonds is 3. The molecule has 4 heteroatoms. The Hall–Kier alpha value is -2.62. The van der Waals surface area contributed by atoms with E-state index in [-0.39, 0.29) is 11.8 Å². The van der Waals surface area contributed by atoms with Crippen LogP contribution in [-0.2, 0) is 4.79 Å². The minimum Gasteiger partial charge on any atom is -0.310 e. The van der Waals surface area contributed by atoms with Crippen molar-refractivity contribution in [3.63, 3.8) is 0 Å². The van der Waals surface area contributed by atoms with E-state index in [0.29, 0.717) is 0 Å². The minimum absolute atomic E-state index is 0.0143. The lowest BCUT2D eigenvalue weighted by molar-refractivity contribution is -0.118. The number of carbonyl (C=O) groups is 1. The van der Waals surface area contributed by atoms with Crippen LogP contribution >= 0.6 is 0 Å². The quantitative estimate of drug-likeness (QED) is 0.796. The number of carbonyl (C=O) groups excluding carboxylic acids is 1. The fourth-order valence-corrected chi connectivity index (χ4v) is 2.32. The lowest BCUT2D eigenvalue weighted by Crippen LogP contribution is -2.19. The summed E-state index contributed by atoms with van der Waals surface area (Å²) in [7, 11) is 0. The summed E-state index contributed by atoms with van der Waals surface area (Å²) in [4.78, 5) is 16.9. The van der Waals surface area contributed by atoms with Crippen LogP contribution in [0.1, 0.15) is 19.4 Å². The number of anilines is 1. The molecule has 2 aromatic heterocycles. The molecule has 0 spiro atoms. The lowest BCUT2D eigenvalue weighted by Gasteiger charge is -2.09. The van der Waals surface area contributed by atoms with Crippen molar-refractivity contribution >= 4 is 17.4 Å². The first-order valence-electron chi connectivity index (χ1n) is 7.41. The Balaban J connectivity index is 2.19. The number of aryl methyl sites for hydroxylation is 1. The molecule has 0 saturated heterocycles. The Bertz CT molecular complexity index is 819. The third kappa shape index (κ3) is 2.60. The highest BCUT2D eigenvalue weighted by molar-refractivity contribution is 5.95. The number of pyridine rings is 1. The van der Waals surface area contributed by atoms with Gasteiger partial charge in [0, 0.05) is 17.7 Å². The topological polar surface area (TPSA) is 46.4 Å². The smallest absolute Gasteiger partial charge is 0.228 e. The first-order valence-corrected chi connectivity index (χ1v) is 7.41. The van der Waals surface area contributed by atoms with Crippen molar-refractivity contribution in [2.45, 2.75) is 20.8 Å². The molecule has 3 rings (SSSR count). The second-order valence-corrected chi connectivity index (χ2v) is 5.75. The van der Waals surface area contributed by atoms with Crippen molar-refractivity contribution in [3.05, 3.63) is 54.2 Å². The molecule has 1 aromatic carbocycles. The van der Waals surface area contributed by atoms with Gasteiger partial charge in [0.2, 0.25) is 5.91 Å². The molecule has 2 heterocycles. The Morgan fingerprint density at radius 2 is 1.91 bits per heavy atom. The number of nitrogens with one attached hydrogen (secondary N) is 1. The fraction of sp³-hybridized carbons (Fsp3) is 0.222. The summed E-state index contributed by atoms with van der Waals surface area (Å²) >= 11 is 0. The van der Waals surface area contributed by atoms with Crippen LogP contribution in [0.3, 0.4) is 0 Å². The maximum absolute atomic E-state index is 12.2. The van der Waals surface area contributed by atoms with Crippen LogP contribution in [0.25, 0.3) is 16.9 Å². The van der Waals surface area contributed by atoms with Crippen molar-refractivity contribution in [3.8, 4) is 11.3 Å². The van der Waals surface area contributed by atoms with E-state index in [1.165, 1.54) is 0 Å². The van der Waals surface area contributed by atoms with E-state index in [0.717, 1.165) is 28.3 Å². The monoisotopic (exact) mass is 293 g/mol. The van der Waals surface area contributed by atoms with Gasteiger partial charge in [0.05, 0.1) is 0 Å². The van der Waals surface area contributed by atoms with Gasteiger partial charge in [0.25, 0.3) is 0 Å². The van der Waals surface area contributed by atoms with Crippen LogP contribution in [0.4, 0.5) is 5.82 Å². The number of nitrogens with zero attached hydrogens (tertiary/aromatic N) is 2. The SMILES string of the molecule is Cc1ccn2c(NC(=O)C(C)C)c(-c3ccccc3)nc2c1. The lowest BCUT2D eigenvalue weighted by atomic mass is 10.1. The molecule has 0 radical (unpaired) electrons. The average Bonchev–Trinajstić information content (AvgIpc) is 2.85. The van der Waals surface area contributed by atoms with Gasteiger partial charge in [-0.25, -0.2) is 4.98 Å². The zero-order valence-corrected chi connectivity index (χ0v) is 13.0. The predicted molar refractivity (Wildman–Crippen MR) is 88.8 cm³/mol. The third-order valence-electron chi connectivity index (χ3n) is 3.59. The molecule has 3 aromatic rings. The van der Waals surface area contributed by atoms with Crippen molar-refractivity contribution in [2.24, 2.45) is 5.92 Å². The maximum atomic E-state index is 12.2. The molecule has 112 valence electrons. The molecule has 0 unspecified atom stereocenters. The van der Waals surface area contributed by atoms with Gasteiger partial charge in [-0.2, -0.15) is 0 Å². The van der Waals surface area contributed by atoms with Crippen molar-refractivity contribution in [2.75, 3.05) is 5.32 Å². The second-order valence-electron chi connectivity index (χ2n) is 5.75. The maximum Gasteiger partial charge on any atom is 0.228 e. The summed E-state index contributed by atoms with van der Waals surface area (Å²) in [6, 6.07) is 13.9. The minimum atomic E-state index is -0.0837. The molecule has 0 atom stereocenters. The van der Waals surface area contributed by atoms with E-state index in [1.807, 2.05) is 73.8 Å². The van der Waals surface area contributed by atoms with E-state index in [2.05, 4.69) is 5.32 Å². The van der Waals surface area contributed by atoms with E-state index in [9.17, 15) is 4.79 Å². The summed E-state index contributed by atoms with van der Waals surface area (Å²) in [5.74, 6) is 0.624. The van der Waals surface area contributed by atoms with Crippen LogP contribution in [0.2, 0.25) is 0 Å². The van der Waals surface area contributed by atoms with Crippen LogP contribution in [-0.4, -0.2) is 15.3 Å². The molecule has 0 aliphatic heterocycles. The summed E-state index contributed by atoms with van der Waals surface area (Å²) in [6.07, 6.45) is 1.94. The Morgan fingerprint density at radius 1 is 1.18 bits per heavy atom. The number of amides is 1. The van der Waals surface area contributed by atoms with Gasteiger partial charge in [0.15, 0.2) is 0 Å². The highest BCUT2D eigenvalue weighted by Crippen LogP contribution is 2.29. The third-order valence-corrected chi connectivity index (χ3v) is 3.59. The molecule has 4 nitrogen and oxygen atoms in total. The Kier molecular flexibility index (Phi) is 3.67. The summed E-state index contributed by atoms with van der Waals surface area (Å²) in [5, 5.41) is 3.01. The number of aromatic nitrogens is 2. The highest BCUT2D eigenvalue weighted by atomic mass is 16.1. The molecular weight excluding hydrogens is 274 g/mol. The Labute approximate surface area is 129 Å². The first-order chi connectivity index (χ1) is 10.6. The number of hydrogen-bond donors (Lipinski definition) is 1. The van der Waals surface area contributed by atoms with E-state index in [1.54, 1.807) is 0 Å². The summed E-state index contributed by atoms with van der Waals surface area (Å²) in [6.45, 7) is 5.79. The summed E-state index contributed by atoms with van der Waals surface area (Å²) < 4.78 is 1.93. The predicted octanol–water partition coefficient (Wildman–Crippen LogP) is 3.90. The molecule has 1 amide bonds. The van der Waals surface area contributed by atoms with Gasteiger partial charge in [-0.05, 0) is 24.6 Å². The highest BCUT2D eigenvalue weighted by Gasteiger charge is 2.17. The van der Waals surface area contributed by atoms with Crippen molar-refractivity contribution in [1.82, 2.24) is 9.38 Å². The fourth-order valence-electron chi connectivity index (χ4n) is 2.32. The zero-order valence-electron chi connectivity index (χ0n) is 13.0. The molecule has 0 saturated carbocycles. The zero-order chi connectivity index (χ0) is 15.7. The van der Waals surface area contributed by atoms with E-state index in [4.69, 9.17) is 4.98 Å². The number of benzene rings is 1. The van der Waals surface area contributed by atoms with Gasteiger partial charge < -0.3 is 5.32 Å². The Morgan fingerprint density at radius 3 is 2.59 bits per heavy atom. The van der Waals surface area contributed by atoms with Crippen LogP contribution in [0, 0.1) is 12.8 Å². The van der Waals surface area contributed by atoms with Crippen molar-refractivity contribution in [1.29, 1.82) is 0 Å². The van der Waals surface area contributed by atoms with Crippen molar-refractivity contribution < 1.29 is 4.79 Å². The van der Waals surface area contributed by atoms with Gasteiger partial charge in [-0.15, -0.1) is 0 Å². The number of imidazole rings is 1. The molecule has 0 aliphatic carbocycles. The number of hydrogen-bond acceptors (Lipinski definition) is 2. The molecular formula is C18H19N3O. The van der Waals surface area contributed by atoms with Gasteiger partial charge in [-0.3, -0.25) is 9.20 Å². The van der Waals surface area contributed by atoms with E-state index >= 15 is 0 Å². The summed E-state index contributed by atoms with van der Waals surface area (Å²) in [5.41, 5.74) is 3.75. The standard InChI is InChI=1S/C18H19N3O/c1-12(2)18(22)20-17-16(14-7-5-4-6-8-14)19-15-11-13(3)9-10-21(15)17/h4-12H,1-3H3,(H,20,22). The van der Waals surface area contributed by atoms with Gasteiger partial charge in [0.1, 0.15) is 17.2 Å². The molecule has 0 bridgehead atoms. The van der Waals surface area contributed by atoms with Crippen LogP contribution < -0.4 is 5.32 Å². The largest absolute Gasteiger partial charge is 0.310 e. The van der Waals surface area contributed by atoms with Gasteiger partial charge >= 0.3 is 0 Å². The molecule has 0 aliphatic rings. The second kappa shape index (κ2) is 5.64. The molecule has 1 N–H and O–H groups in total. The molecule has 22 heavy (non-hydrogen) atoms. The normalized spacial score (nSPS) is 11.1. The van der Waals surface area contributed by atoms with Crippen LogP contribution in [0.15, 0.2) is 48.7 Å². The molecule has 0 fully saturated rings.